The molecule has 1 aromatic rings. The number of carbonyl (C=O) groups is 2. The molecule has 0 bridgehead atoms. The molecule has 1 aromatic carbocycles. The third-order valence-corrected chi connectivity index (χ3v) is 6.86. The second kappa shape index (κ2) is 8.50. The number of benzene rings is 1. The molecule has 4 rings (SSSR count). The molecule has 0 unspecified atom stereocenters. The number of rotatable bonds is 3. The van der Waals surface area contributed by atoms with E-state index in [1.165, 1.54) is 5.56 Å². The summed E-state index contributed by atoms with van der Waals surface area (Å²) in [6, 6.07) is 10.7. The number of likely N-dealkylation sites (tertiary alicyclic amines) is 2. The van der Waals surface area contributed by atoms with Crippen molar-refractivity contribution in [3.8, 4) is 0 Å². The standard InChI is InChI=1S/C24H32N2O2/c1-18(27)25-15-9-3-6-14-22-24(25)21(20-12-4-2-5-13-20)17-26(22)23(28)16-19-10-7-8-11-19/h2,4-5,7,10,12-13,19,21-22,24H,3,6,8-9,11,14-17H2,1H3/t19-,21-,22+,24-/m0/s1. The number of hydrogen-bond acceptors (Lipinski definition) is 2. The molecule has 2 aliphatic heterocycles. The summed E-state index contributed by atoms with van der Waals surface area (Å²) in [4.78, 5) is 30.1. The second-order valence-electron chi connectivity index (χ2n) is 8.65. The topological polar surface area (TPSA) is 40.6 Å². The Hall–Kier alpha value is -2.10. The van der Waals surface area contributed by atoms with Gasteiger partial charge in [0.05, 0.1) is 12.1 Å². The molecule has 0 radical (unpaired) electrons. The van der Waals surface area contributed by atoms with Crippen LogP contribution < -0.4 is 0 Å². The van der Waals surface area contributed by atoms with Gasteiger partial charge in [-0.1, -0.05) is 55.3 Å². The Balaban J connectivity index is 1.65. The van der Waals surface area contributed by atoms with Gasteiger partial charge in [0.2, 0.25) is 11.8 Å². The fourth-order valence-corrected chi connectivity index (χ4v) is 5.48. The Kier molecular flexibility index (Phi) is 5.84. The summed E-state index contributed by atoms with van der Waals surface area (Å²) in [6.45, 7) is 3.24. The zero-order chi connectivity index (χ0) is 19.5. The third kappa shape index (κ3) is 3.87. The van der Waals surface area contributed by atoms with Crippen LogP contribution in [0.2, 0.25) is 0 Å². The fraction of sp³-hybridized carbons (Fsp3) is 0.583. The number of amides is 2. The van der Waals surface area contributed by atoms with E-state index < -0.39 is 0 Å². The highest BCUT2D eigenvalue weighted by Gasteiger charge is 2.48. The summed E-state index contributed by atoms with van der Waals surface area (Å²) < 4.78 is 0. The van der Waals surface area contributed by atoms with E-state index in [1.807, 2.05) is 6.07 Å². The van der Waals surface area contributed by atoms with Gasteiger partial charge >= 0.3 is 0 Å². The van der Waals surface area contributed by atoms with Crippen molar-refractivity contribution in [1.29, 1.82) is 0 Å². The summed E-state index contributed by atoms with van der Waals surface area (Å²) in [5, 5.41) is 0. The van der Waals surface area contributed by atoms with Gasteiger partial charge in [0, 0.05) is 32.4 Å². The average molecular weight is 381 g/mol. The highest BCUT2D eigenvalue weighted by molar-refractivity contribution is 5.79. The summed E-state index contributed by atoms with van der Waals surface area (Å²) in [5.41, 5.74) is 1.25. The molecule has 0 N–H and O–H groups in total. The first-order chi connectivity index (χ1) is 13.6. The molecule has 2 heterocycles. The molecule has 4 nitrogen and oxygen atoms in total. The quantitative estimate of drug-likeness (QED) is 0.740. The van der Waals surface area contributed by atoms with Crippen LogP contribution in [0.25, 0.3) is 0 Å². The van der Waals surface area contributed by atoms with Crippen LogP contribution in [0.15, 0.2) is 42.5 Å². The number of hydrogen-bond donors (Lipinski definition) is 0. The number of allylic oxidation sites excluding steroid dienone is 2. The first kappa shape index (κ1) is 19.2. The Bertz CT molecular complexity index is 729. The van der Waals surface area contributed by atoms with Gasteiger partial charge in [-0.3, -0.25) is 9.59 Å². The minimum atomic E-state index is 0.100. The van der Waals surface area contributed by atoms with E-state index in [1.54, 1.807) is 6.92 Å². The Morgan fingerprint density at radius 3 is 2.57 bits per heavy atom. The average Bonchev–Trinajstić information content (AvgIpc) is 3.30. The van der Waals surface area contributed by atoms with Gasteiger partial charge in [-0.2, -0.15) is 0 Å². The van der Waals surface area contributed by atoms with Crippen LogP contribution in [0.1, 0.15) is 63.4 Å². The number of fused-ring (bicyclic) bond motifs is 1. The summed E-state index contributed by atoms with van der Waals surface area (Å²) >= 11 is 0. The molecule has 2 saturated heterocycles. The van der Waals surface area contributed by atoms with Crippen LogP contribution in [0.5, 0.6) is 0 Å². The van der Waals surface area contributed by atoms with Crippen molar-refractivity contribution in [2.45, 2.75) is 69.9 Å². The second-order valence-corrected chi connectivity index (χ2v) is 8.65. The van der Waals surface area contributed by atoms with E-state index >= 15 is 0 Å². The predicted octanol–water partition coefficient (Wildman–Crippen LogP) is 4.13. The van der Waals surface area contributed by atoms with E-state index in [4.69, 9.17) is 0 Å². The van der Waals surface area contributed by atoms with Crippen molar-refractivity contribution in [3.63, 3.8) is 0 Å². The number of nitrogens with zero attached hydrogens (tertiary/aromatic N) is 2. The summed E-state index contributed by atoms with van der Waals surface area (Å²) in [7, 11) is 0. The molecule has 2 fully saturated rings. The van der Waals surface area contributed by atoms with Crippen LogP contribution >= 0.6 is 0 Å². The first-order valence-corrected chi connectivity index (χ1v) is 10.9. The molecule has 3 aliphatic rings. The van der Waals surface area contributed by atoms with Gasteiger partial charge in [-0.05, 0) is 37.2 Å². The maximum absolute atomic E-state index is 13.3. The van der Waals surface area contributed by atoms with Crippen molar-refractivity contribution < 1.29 is 9.59 Å². The summed E-state index contributed by atoms with van der Waals surface area (Å²) in [6.07, 6.45) is 11.5. The molecule has 4 heteroatoms. The minimum Gasteiger partial charge on any atom is -0.337 e. The molecule has 150 valence electrons. The first-order valence-electron chi connectivity index (χ1n) is 10.9. The smallest absolute Gasteiger partial charge is 0.223 e. The van der Waals surface area contributed by atoms with Crippen molar-refractivity contribution in [3.05, 3.63) is 48.0 Å². The summed E-state index contributed by atoms with van der Waals surface area (Å²) in [5.74, 6) is 1.01. The van der Waals surface area contributed by atoms with Gasteiger partial charge in [-0.25, -0.2) is 0 Å². The van der Waals surface area contributed by atoms with Gasteiger partial charge in [0.25, 0.3) is 0 Å². The van der Waals surface area contributed by atoms with Crippen LogP contribution in [0.3, 0.4) is 0 Å². The zero-order valence-electron chi connectivity index (χ0n) is 16.9. The molecular formula is C24H32N2O2. The van der Waals surface area contributed by atoms with E-state index in [-0.39, 0.29) is 29.8 Å². The lowest BCUT2D eigenvalue weighted by atomic mass is 9.87. The highest BCUT2D eigenvalue weighted by atomic mass is 16.2. The lowest BCUT2D eigenvalue weighted by molar-refractivity contribution is -0.137. The van der Waals surface area contributed by atoms with Crippen molar-refractivity contribution >= 4 is 11.8 Å². The molecule has 4 atom stereocenters. The van der Waals surface area contributed by atoms with E-state index in [0.717, 1.165) is 51.6 Å². The lowest BCUT2D eigenvalue weighted by Gasteiger charge is -2.38. The molecule has 28 heavy (non-hydrogen) atoms. The molecular weight excluding hydrogens is 348 g/mol. The molecule has 0 spiro atoms. The van der Waals surface area contributed by atoms with Crippen LogP contribution in [-0.4, -0.2) is 46.8 Å². The largest absolute Gasteiger partial charge is 0.337 e. The van der Waals surface area contributed by atoms with Gasteiger partial charge in [0.15, 0.2) is 0 Å². The maximum atomic E-state index is 13.3. The zero-order valence-corrected chi connectivity index (χ0v) is 16.9. The van der Waals surface area contributed by atoms with Crippen molar-refractivity contribution in [2.24, 2.45) is 5.92 Å². The molecule has 0 aromatic heterocycles. The van der Waals surface area contributed by atoms with Crippen LogP contribution in [0, 0.1) is 5.92 Å². The molecule has 1 aliphatic carbocycles. The molecule has 0 saturated carbocycles. The normalized spacial score (nSPS) is 30.0. The van der Waals surface area contributed by atoms with Gasteiger partial charge < -0.3 is 9.80 Å². The number of carbonyl (C=O) groups excluding carboxylic acids is 2. The third-order valence-electron chi connectivity index (χ3n) is 6.86. The Morgan fingerprint density at radius 2 is 1.86 bits per heavy atom. The maximum Gasteiger partial charge on any atom is 0.223 e. The van der Waals surface area contributed by atoms with Crippen molar-refractivity contribution in [2.75, 3.05) is 13.1 Å². The monoisotopic (exact) mass is 380 g/mol. The minimum absolute atomic E-state index is 0.100. The Labute approximate surface area is 168 Å². The van der Waals surface area contributed by atoms with E-state index in [9.17, 15) is 9.59 Å². The predicted molar refractivity (Wildman–Crippen MR) is 111 cm³/mol. The van der Waals surface area contributed by atoms with E-state index in [2.05, 4.69) is 46.2 Å². The van der Waals surface area contributed by atoms with Gasteiger partial charge in [0.1, 0.15) is 0 Å². The Morgan fingerprint density at radius 1 is 1.04 bits per heavy atom. The van der Waals surface area contributed by atoms with Crippen LogP contribution in [-0.2, 0) is 9.59 Å². The molecule has 2 amide bonds. The van der Waals surface area contributed by atoms with E-state index in [0.29, 0.717) is 12.3 Å². The van der Waals surface area contributed by atoms with Gasteiger partial charge in [-0.15, -0.1) is 0 Å². The van der Waals surface area contributed by atoms with Crippen LogP contribution in [0.4, 0.5) is 0 Å². The van der Waals surface area contributed by atoms with Crippen molar-refractivity contribution in [1.82, 2.24) is 9.80 Å². The SMILES string of the molecule is CC(=O)N1CCCCC[C@@H]2[C@@H]1[C@H](c1ccccc1)CN2C(=O)C[C@H]1C=CCC1. The fourth-order valence-electron chi connectivity index (χ4n) is 5.48. The lowest BCUT2D eigenvalue weighted by Crippen LogP contribution is -2.51. The highest BCUT2D eigenvalue weighted by Crippen LogP contribution is 2.40.